The Morgan fingerprint density at radius 1 is 1.17 bits per heavy atom. The molecule has 0 aliphatic heterocycles. The largest absolute Gasteiger partial charge is 0.183 e. The van der Waals surface area contributed by atoms with Crippen molar-refractivity contribution in [1.29, 1.82) is 0 Å². The molecule has 0 aromatic heterocycles. The van der Waals surface area contributed by atoms with Gasteiger partial charge in [0, 0.05) is 21.1 Å². The first-order valence-corrected chi connectivity index (χ1v) is 1.90. The van der Waals surface area contributed by atoms with Crippen molar-refractivity contribution >= 4 is 0 Å². The second-order valence-corrected chi connectivity index (χ2v) is 1.19. The van der Waals surface area contributed by atoms with Gasteiger partial charge in [0.05, 0.1) is 14.9 Å². The van der Waals surface area contributed by atoms with Crippen LogP contribution in [-0.4, -0.2) is 4.66 Å². The van der Waals surface area contributed by atoms with Crippen molar-refractivity contribution in [2.75, 3.05) is 0 Å². The van der Waals surface area contributed by atoms with Gasteiger partial charge >= 0.3 is 0 Å². The Labute approximate surface area is 50.4 Å². The maximum Gasteiger partial charge on any atom is 0.0777 e. The quantitative estimate of drug-likeness (QED) is 0.492. The van der Waals surface area contributed by atoms with Crippen molar-refractivity contribution in [3.63, 3.8) is 0 Å². The number of halogens is 1. The first-order valence-electron chi connectivity index (χ1n) is 0.632. The summed E-state index contributed by atoms with van der Waals surface area (Å²) in [6, 6.07) is 0. The summed E-state index contributed by atoms with van der Waals surface area (Å²) in [6.45, 7) is 0. The molecule has 0 aliphatic rings. The average Bonchev–Trinajstić information content (AvgIpc) is 0.722. The predicted octanol–water partition coefficient (Wildman–Crippen LogP) is -4.13. The smallest absolute Gasteiger partial charge is 0.0777 e. The summed E-state index contributed by atoms with van der Waals surface area (Å²) in [7, 11) is -4.69. The monoisotopic (exact) mass is 295 g/mol. The Kier molecular flexibility index (Phi) is 4.81. The van der Waals surface area contributed by atoms with Crippen molar-refractivity contribution in [2.24, 2.45) is 0 Å². The first-order chi connectivity index (χ1) is 2.00. The molecule has 0 saturated heterocycles. The van der Waals surface area contributed by atoms with Crippen LogP contribution in [0.5, 0.6) is 0 Å². The van der Waals surface area contributed by atoms with Crippen LogP contribution in [0.3, 0.4) is 0 Å². The average molecular weight is 296 g/mol. The van der Waals surface area contributed by atoms with Crippen LogP contribution in [0.15, 0.2) is 0 Å². The molecule has 0 atom stereocenters. The summed E-state index contributed by atoms with van der Waals surface area (Å²) in [5.41, 5.74) is 0. The van der Waals surface area contributed by atoms with Crippen LogP contribution >= 0.6 is 0 Å². The summed E-state index contributed by atoms with van der Waals surface area (Å²) in [4.78, 5) is 0. The summed E-state index contributed by atoms with van der Waals surface area (Å²) >= 11 is 0. The van der Waals surface area contributed by atoms with E-state index in [9.17, 15) is 0 Å². The molecular weight excluding hydrogens is 295 g/mol. The van der Waals surface area contributed by atoms with Crippen molar-refractivity contribution in [2.45, 2.75) is 0 Å². The minimum atomic E-state index is -4.69. The molecule has 0 heterocycles. The van der Waals surface area contributed by atoms with Crippen molar-refractivity contribution in [3.8, 4) is 0 Å². The Bertz CT molecular complexity index is 23.0. The second kappa shape index (κ2) is 2.91. The minimum Gasteiger partial charge on any atom is -0.183 e. The van der Waals surface area contributed by atoms with Crippen LogP contribution in [0, 0.1) is 10.2 Å². The number of hydrogen-bond donors (Lipinski definition) is 1. The number of hydrogen-bond acceptors (Lipinski definition) is 4. The van der Waals surface area contributed by atoms with Crippen molar-refractivity contribution in [3.05, 3.63) is 0 Å². The third-order valence-electron chi connectivity index (χ3n) is 0. The molecule has 0 fully saturated rings. The van der Waals surface area contributed by atoms with Gasteiger partial charge in [-0.05, 0) is 0 Å². The van der Waals surface area contributed by atoms with Gasteiger partial charge in [0.15, 0.2) is 0 Å². The van der Waals surface area contributed by atoms with Crippen molar-refractivity contribution < 1.29 is 49.9 Å². The summed E-state index contributed by atoms with van der Waals surface area (Å²) in [6.07, 6.45) is 0. The standard InChI is InChI=1S/ClHO4.Pt/c2-1(3,4)5;/h(H,2,3,4,5);. The van der Waals surface area contributed by atoms with E-state index in [-0.39, 0.29) is 21.1 Å². The fourth-order valence-corrected chi connectivity index (χ4v) is 0. The van der Waals surface area contributed by atoms with E-state index in [4.69, 9.17) is 18.6 Å². The van der Waals surface area contributed by atoms with E-state index in [0.29, 0.717) is 0 Å². The maximum absolute atomic E-state index is 8.60. The number of rotatable bonds is 0. The predicted molar refractivity (Wildman–Crippen MR) is 2.22 cm³/mol. The fourth-order valence-electron chi connectivity index (χ4n) is 0. The molecule has 4 nitrogen and oxygen atoms in total. The van der Waals surface area contributed by atoms with E-state index >= 15 is 0 Å². The summed E-state index contributed by atoms with van der Waals surface area (Å²) in [5, 5.41) is 0. The second-order valence-electron chi connectivity index (χ2n) is 0.396. The molecule has 0 spiro atoms. The van der Waals surface area contributed by atoms with E-state index in [1.807, 2.05) is 0 Å². The van der Waals surface area contributed by atoms with Gasteiger partial charge in [0.2, 0.25) is 0 Å². The molecule has 0 saturated carbocycles. The normalized spacial score (nSPS) is 10.0. The van der Waals surface area contributed by atoms with Crippen LogP contribution in [0.25, 0.3) is 0 Å². The molecule has 0 aliphatic carbocycles. The van der Waals surface area contributed by atoms with Gasteiger partial charge in [-0.3, -0.25) is 0 Å². The van der Waals surface area contributed by atoms with Gasteiger partial charge in [0.1, 0.15) is 0 Å². The molecule has 0 bridgehead atoms. The van der Waals surface area contributed by atoms with Gasteiger partial charge in [-0.25, -0.2) is 0 Å². The molecule has 0 aromatic carbocycles. The van der Waals surface area contributed by atoms with E-state index in [1.165, 1.54) is 0 Å². The fraction of sp³-hybridized carbons (Fsp3) is 0. The zero-order valence-electron chi connectivity index (χ0n) is 2.37. The Morgan fingerprint density at radius 2 is 1.17 bits per heavy atom. The van der Waals surface area contributed by atoms with E-state index in [1.54, 1.807) is 0 Å². The molecule has 0 radical (unpaired) electrons. The molecule has 42 valence electrons. The Balaban J connectivity index is 0. The molecule has 1 N–H and O–H groups in total. The molecule has 0 rings (SSSR count). The third kappa shape index (κ3) is 105. The molecule has 6 heteroatoms. The van der Waals surface area contributed by atoms with Crippen LogP contribution in [0.1, 0.15) is 0 Å². The molecule has 0 amide bonds. The van der Waals surface area contributed by atoms with Crippen LogP contribution in [-0.2, 0) is 21.1 Å². The Hall–Kier alpha value is 0.818. The topological polar surface area (TPSA) is 89.4 Å². The van der Waals surface area contributed by atoms with Gasteiger partial charge in [-0.15, -0.1) is 0 Å². The Morgan fingerprint density at radius 3 is 1.17 bits per heavy atom. The summed E-state index contributed by atoms with van der Waals surface area (Å²) in [5.74, 6) is 0. The zero-order valence-corrected chi connectivity index (χ0v) is 5.39. The van der Waals surface area contributed by atoms with Gasteiger partial charge < -0.3 is 0 Å². The SMILES string of the molecule is [O-][Cl+3]([O-])([O-])O.[Pt]. The van der Waals surface area contributed by atoms with Crippen molar-refractivity contribution in [1.82, 2.24) is 0 Å². The van der Waals surface area contributed by atoms with E-state index < -0.39 is 10.2 Å². The summed E-state index contributed by atoms with van der Waals surface area (Å²) < 4.78 is 32.7. The van der Waals surface area contributed by atoms with Gasteiger partial charge in [-0.1, -0.05) is 0 Å². The maximum atomic E-state index is 8.60. The first kappa shape index (κ1) is 9.94. The minimum absolute atomic E-state index is 0. The van der Waals surface area contributed by atoms with Crippen LogP contribution in [0.4, 0.5) is 0 Å². The molecular formula is HClO4Pt. The third-order valence-corrected chi connectivity index (χ3v) is 0. The van der Waals surface area contributed by atoms with E-state index in [2.05, 4.69) is 0 Å². The molecule has 0 aromatic rings. The molecule has 0 unspecified atom stereocenters. The molecule has 6 heavy (non-hydrogen) atoms. The van der Waals surface area contributed by atoms with Crippen LogP contribution < -0.4 is 14.0 Å². The van der Waals surface area contributed by atoms with Gasteiger partial charge in [-0.2, -0.15) is 14.0 Å². The zero-order chi connectivity index (χ0) is 4.50. The van der Waals surface area contributed by atoms with E-state index in [0.717, 1.165) is 0 Å². The van der Waals surface area contributed by atoms with Gasteiger partial charge in [0.25, 0.3) is 0 Å². The van der Waals surface area contributed by atoms with Crippen LogP contribution in [0.2, 0.25) is 0 Å².